The summed E-state index contributed by atoms with van der Waals surface area (Å²) in [6.45, 7) is 4.29. The van der Waals surface area contributed by atoms with Gasteiger partial charge < -0.3 is 10.1 Å². The molecule has 0 spiro atoms. The van der Waals surface area contributed by atoms with Gasteiger partial charge in [0, 0.05) is 38.3 Å². The summed E-state index contributed by atoms with van der Waals surface area (Å²) >= 11 is 0. The molecule has 1 N–H and O–H groups in total. The van der Waals surface area contributed by atoms with Crippen molar-refractivity contribution in [3.63, 3.8) is 0 Å². The van der Waals surface area contributed by atoms with Gasteiger partial charge in [-0.2, -0.15) is 4.31 Å². The van der Waals surface area contributed by atoms with E-state index < -0.39 is 10.0 Å². The Labute approximate surface area is 160 Å². The van der Waals surface area contributed by atoms with Crippen LogP contribution in [0, 0.1) is 6.92 Å². The Bertz CT molecular complexity index is 826. The highest BCUT2D eigenvalue weighted by molar-refractivity contribution is 7.89. The molecule has 1 saturated carbocycles. The van der Waals surface area contributed by atoms with Crippen molar-refractivity contribution >= 4 is 21.6 Å². The second kappa shape index (κ2) is 7.41. The van der Waals surface area contributed by atoms with Gasteiger partial charge in [0.2, 0.25) is 10.0 Å². The van der Waals surface area contributed by atoms with E-state index in [2.05, 4.69) is 10.2 Å². The highest BCUT2D eigenvalue weighted by Crippen LogP contribution is 2.34. The second-order valence-corrected chi connectivity index (χ2v) is 9.59. The van der Waals surface area contributed by atoms with Crippen LogP contribution >= 0.6 is 0 Å². The Kier molecular flexibility index (Phi) is 5.13. The summed E-state index contributed by atoms with van der Waals surface area (Å²) in [6, 6.07) is 3.84. The molecule has 1 amide bonds. The minimum Gasteiger partial charge on any atom is -0.482 e. The summed E-state index contributed by atoms with van der Waals surface area (Å²) in [7, 11) is -3.58. The van der Waals surface area contributed by atoms with Gasteiger partial charge in [-0.15, -0.1) is 0 Å². The maximum absolute atomic E-state index is 13.2. The number of carbonyl (C=O) groups excluding carboxylic acids is 1. The average Bonchev–Trinajstić information content (AvgIpc) is 2.68. The average molecular weight is 394 g/mol. The van der Waals surface area contributed by atoms with Crippen LogP contribution in [0.4, 0.5) is 5.69 Å². The maximum Gasteiger partial charge on any atom is 0.262 e. The van der Waals surface area contributed by atoms with E-state index in [4.69, 9.17) is 4.74 Å². The molecule has 2 heterocycles. The van der Waals surface area contributed by atoms with Crippen molar-refractivity contribution in [2.75, 3.05) is 38.1 Å². The van der Waals surface area contributed by atoms with E-state index in [1.165, 1.54) is 32.1 Å². The number of amides is 1. The molecule has 8 heteroatoms. The number of sulfonamides is 1. The number of ether oxygens (including phenoxy) is 1. The molecule has 0 bridgehead atoms. The Morgan fingerprint density at radius 2 is 1.78 bits per heavy atom. The molecule has 148 valence electrons. The number of hydrogen-bond donors (Lipinski definition) is 1. The zero-order chi connectivity index (χ0) is 19.0. The minimum atomic E-state index is -3.58. The molecule has 1 aromatic rings. The van der Waals surface area contributed by atoms with Crippen LogP contribution in [0.25, 0.3) is 0 Å². The smallest absolute Gasteiger partial charge is 0.262 e. The maximum atomic E-state index is 13.2. The van der Waals surface area contributed by atoms with E-state index in [0.717, 1.165) is 13.1 Å². The summed E-state index contributed by atoms with van der Waals surface area (Å²) in [4.78, 5) is 14.2. The molecule has 3 aliphatic rings. The highest BCUT2D eigenvalue weighted by atomic mass is 32.2. The lowest BCUT2D eigenvalue weighted by atomic mass is 9.94. The largest absolute Gasteiger partial charge is 0.482 e. The third-order valence-corrected chi connectivity index (χ3v) is 7.93. The van der Waals surface area contributed by atoms with Gasteiger partial charge in [0.25, 0.3) is 5.91 Å². The Hall–Kier alpha value is -1.64. The summed E-state index contributed by atoms with van der Waals surface area (Å²) in [5.74, 6) is 0.191. The molecule has 0 atom stereocenters. The lowest BCUT2D eigenvalue weighted by molar-refractivity contribution is -0.118. The van der Waals surface area contributed by atoms with Crippen LogP contribution in [0.2, 0.25) is 0 Å². The summed E-state index contributed by atoms with van der Waals surface area (Å²) in [5, 5.41) is 2.72. The summed E-state index contributed by atoms with van der Waals surface area (Å²) < 4.78 is 33.4. The predicted molar refractivity (Wildman–Crippen MR) is 103 cm³/mol. The Balaban J connectivity index is 1.50. The number of carbonyl (C=O) groups is 1. The fraction of sp³-hybridized carbons (Fsp3) is 0.632. The Morgan fingerprint density at radius 3 is 2.48 bits per heavy atom. The van der Waals surface area contributed by atoms with Gasteiger partial charge in [0.1, 0.15) is 5.75 Å². The first kappa shape index (κ1) is 18.7. The second-order valence-electron chi connectivity index (χ2n) is 7.68. The van der Waals surface area contributed by atoms with Gasteiger partial charge in [0.05, 0.1) is 10.6 Å². The van der Waals surface area contributed by atoms with E-state index in [9.17, 15) is 13.2 Å². The predicted octanol–water partition coefficient (Wildman–Crippen LogP) is 1.96. The molecule has 0 radical (unpaired) electrons. The van der Waals surface area contributed by atoms with Crippen molar-refractivity contribution in [1.29, 1.82) is 0 Å². The fourth-order valence-corrected chi connectivity index (χ4v) is 6.03. The number of hydrogen-bond acceptors (Lipinski definition) is 5. The molecule has 1 saturated heterocycles. The Morgan fingerprint density at radius 1 is 1.07 bits per heavy atom. The van der Waals surface area contributed by atoms with E-state index in [0.29, 0.717) is 36.1 Å². The number of piperazine rings is 1. The summed E-state index contributed by atoms with van der Waals surface area (Å²) in [5.41, 5.74) is 1.15. The molecule has 1 aliphatic carbocycles. The third kappa shape index (κ3) is 3.70. The molecule has 4 rings (SSSR count). The number of rotatable bonds is 3. The zero-order valence-electron chi connectivity index (χ0n) is 15.7. The van der Waals surface area contributed by atoms with Crippen LogP contribution in [-0.4, -0.2) is 62.4 Å². The van der Waals surface area contributed by atoms with Crippen LogP contribution in [0.5, 0.6) is 5.75 Å². The van der Waals surface area contributed by atoms with Crippen LogP contribution in [0.3, 0.4) is 0 Å². The zero-order valence-corrected chi connectivity index (χ0v) is 16.6. The van der Waals surface area contributed by atoms with Crippen LogP contribution in [0.15, 0.2) is 17.0 Å². The van der Waals surface area contributed by atoms with Crippen molar-refractivity contribution in [3.05, 3.63) is 17.7 Å². The quantitative estimate of drug-likeness (QED) is 0.849. The van der Waals surface area contributed by atoms with Gasteiger partial charge in [-0.05, 0) is 31.4 Å². The molecular weight excluding hydrogens is 366 g/mol. The van der Waals surface area contributed by atoms with Gasteiger partial charge in [-0.25, -0.2) is 8.42 Å². The van der Waals surface area contributed by atoms with E-state index in [1.807, 2.05) is 0 Å². The van der Waals surface area contributed by atoms with E-state index >= 15 is 0 Å². The first-order valence-electron chi connectivity index (χ1n) is 9.76. The molecule has 2 fully saturated rings. The summed E-state index contributed by atoms with van der Waals surface area (Å²) in [6.07, 6.45) is 6.37. The van der Waals surface area contributed by atoms with Crippen molar-refractivity contribution in [3.8, 4) is 5.75 Å². The van der Waals surface area contributed by atoms with Gasteiger partial charge >= 0.3 is 0 Å². The molecule has 1 aromatic carbocycles. The number of fused-ring (bicyclic) bond motifs is 1. The van der Waals surface area contributed by atoms with Crippen LogP contribution in [-0.2, 0) is 14.8 Å². The van der Waals surface area contributed by atoms with E-state index in [1.54, 1.807) is 23.4 Å². The van der Waals surface area contributed by atoms with Crippen molar-refractivity contribution < 1.29 is 17.9 Å². The van der Waals surface area contributed by atoms with Crippen molar-refractivity contribution in [2.24, 2.45) is 0 Å². The van der Waals surface area contributed by atoms with Gasteiger partial charge in [-0.1, -0.05) is 19.3 Å². The molecule has 27 heavy (non-hydrogen) atoms. The highest BCUT2D eigenvalue weighted by Gasteiger charge is 2.33. The fourth-order valence-electron chi connectivity index (χ4n) is 4.39. The first-order chi connectivity index (χ1) is 12.9. The molecule has 0 aromatic heterocycles. The van der Waals surface area contributed by atoms with E-state index in [-0.39, 0.29) is 17.4 Å². The van der Waals surface area contributed by atoms with Gasteiger partial charge in [-0.3, -0.25) is 9.69 Å². The number of anilines is 1. The number of nitrogens with one attached hydrogen (secondary N) is 1. The lowest BCUT2D eigenvalue weighted by Crippen LogP contribution is -2.52. The van der Waals surface area contributed by atoms with Crippen LogP contribution < -0.4 is 10.1 Å². The number of nitrogens with zero attached hydrogens (tertiary/aromatic N) is 2. The van der Waals surface area contributed by atoms with Gasteiger partial charge in [0.15, 0.2) is 6.61 Å². The monoisotopic (exact) mass is 393 g/mol. The molecule has 0 unspecified atom stereocenters. The molecular formula is C19H27N3O4S. The SMILES string of the molecule is Cc1cc2c(cc1S(=O)(=O)N1CCN(C3CCCCC3)CC1)OCC(=O)N2. The number of aryl methyl sites for hydroxylation is 1. The minimum absolute atomic E-state index is 0.0877. The topological polar surface area (TPSA) is 79.0 Å². The van der Waals surface area contributed by atoms with Crippen LogP contribution in [0.1, 0.15) is 37.7 Å². The number of benzene rings is 1. The third-order valence-electron chi connectivity index (χ3n) is 5.89. The van der Waals surface area contributed by atoms with Crippen molar-refractivity contribution in [2.45, 2.75) is 50.0 Å². The standard InChI is InChI=1S/C19H27N3O4S/c1-14-11-16-17(26-13-19(23)20-16)12-18(14)27(24,25)22-9-7-21(8-10-22)15-5-3-2-4-6-15/h11-12,15H,2-10,13H2,1H3,(H,20,23). The first-order valence-corrected chi connectivity index (χ1v) is 11.2. The lowest BCUT2D eigenvalue weighted by Gasteiger charge is -2.40. The molecule has 7 nitrogen and oxygen atoms in total. The van der Waals surface area contributed by atoms with Crippen molar-refractivity contribution in [1.82, 2.24) is 9.21 Å². The molecule has 2 aliphatic heterocycles. The normalized spacial score (nSPS) is 22.8.